The number of pyridine rings is 1. The maximum Gasteiger partial charge on any atom is 0.409 e. The lowest BCUT2D eigenvalue weighted by molar-refractivity contribution is -0.133. The average molecular weight is 429 g/mol. The predicted octanol–water partition coefficient (Wildman–Crippen LogP) is 3.71. The number of aromatic nitrogens is 3. The van der Waals surface area contributed by atoms with Crippen LogP contribution in [0.5, 0.6) is 0 Å². The standard InChI is InChI=1S/C20H21ClN6O3/c1-11(2)26-4-3-14-8-18(25-27(14)10-19(26)28)24-17-6-12-5-13(23-20(29)30)7-16(21)15(12)9-22-17/h5-9,11,23H,3-4,10H2,1-2H3,(H,29,30)(H,22,24,25). The smallest absolute Gasteiger partial charge is 0.409 e. The van der Waals surface area contributed by atoms with Crippen molar-refractivity contribution in [2.45, 2.75) is 32.9 Å². The van der Waals surface area contributed by atoms with Crippen LogP contribution in [0, 0.1) is 0 Å². The molecule has 0 spiro atoms. The summed E-state index contributed by atoms with van der Waals surface area (Å²) < 4.78 is 1.72. The highest BCUT2D eigenvalue weighted by Crippen LogP contribution is 2.29. The molecule has 3 heterocycles. The van der Waals surface area contributed by atoms with Crippen LogP contribution in [0.15, 0.2) is 30.5 Å². The number of nitrogens with zero attached hydrogens (tertiary/aromatic N) is 4. The number of amides is 2. The van der Waals surface area contributed by atoms with Crippen molar-refractivity contribution < 1.29 is 14.7 Å². The Morgan fingerprint density at radius 1 is 1.23 bits per heavy atom. The third kappa shape index (κ3) is 4.02. The minimum Gasteiger partial charge on any atom is -0.465 e. The van der Waals surface area contributed by atoms with Crippen molar-refractivity contribution in [1.82, 2.24) is 19.7 Å². The molecule has 3 N–H and O–H groups in total. The fourth-order valence-electron chi connectivity index (χ4n) is 3.59. The van der Waals surface area contributed by atoms with Crippen LogP contribution < -0.4 is 10.6 Å². The number of hydrogen-bond donors (Lipinski definition) is 3. The second-order valence-corrected chi connectivity index (χ2v) is 7.82. The molecule has 2 amide bonds. The summed E-state index contributed by atoms with van der Waals surface area (Å²) in [4.78, 5) is 29.6. The number of rotatable bonds is 4. The van der Waals surface area contributed by atoms with Gasteiger partial charge in [0.1, 0.15) is 12.4 Å². The van der Waals surface area contributed by atoms with Crippen LogP contribution in [0.4, 0.5) is 22.1 Å². The molecule has 0 bridgehead atoms. The summed E-state index contributed by atoms with van der Waals surface area (Å²) in [6, 6.07) is 7.07. The average Bonchev–Trinajstić information content (AvgIpc) is 2.94. The molecule has 0 saturated carbocycles. The van der Waals surface area contributed by atoms with Gasteiger partial charge in [-0.3, -0.25) is 14.8 Å². The number of anilines is 3. The normalized spacial score (nSPS) is 14.0. The summed E-state index contributed by atoms with van der Waals surface area (Å²) >= 11 is 6.24. The molecule has 0 atom stereocenters. The molecule has 156 valence electrons. The number of carbonyl (C=O) groups is 2. The fraction of sp³-hybridized carbons (Fsp3) is 0.300. The highest BCUT2D eigenvalue weighted by Gasteiger charge is 2.23. The van der Waals surface area contributed by atoms with Crippen LogP contribution in [-0.4, -0.2) is 49.4 Å². The SMILES string of the molecule is CC(C)N1CCc2cc(Nc3cc4cc(NC(=O)O)cc(Cl)c4cn3)nn2CC1=O. The van der Waals surface area contributed by atoms with Crippen molar-refractivity contribution in [2.75, 3.05) is 17.2 Å². The first-order chi connectivity index (χ1) is 14.3. The van der Waals surface area contributed by atoms with Crippen molar-refractivity contribution in [3.8, 4) is 0 Å². The zero-order chi connectivity index (χ0) is 21.4. The van der Waals surface area contributed by atoms with E-state index >= 15 is 0 Å². The Bertz CT molecular complexity index is 1140. The number of carbonyl (C=O) groups excluding carboxylic acids is 1. The molecular formula is C20H21ClN6O3. The number of halogens is 1. The van der Waals surface area contributed by atoms with Crippen molar-refractivity contribution in [3.05, 3.63) is 41.2 Å². The number of hydrogen-bond acceptors (Lipinski definition) is 5. The topological polar surface area (TPSA) is 112 Å². The van der Waals surface area contributed by atoms with Gasteiger partial charge in [0, 0.05) is 48.0 Å². The summed E-state index contributed by atoms with van der Waals surface area (Å²) in [5.41, 5.74) is 1.35. The molecule has 0 saturated heterocycles. The molecule has 1 aliphatic heterocycles. The maximum absolute atomic E-state index is 12.4. The minimum atomic E-state index is -1.16. The van der Waals surface area contributed by atoms with E-state index in [-0.39, 0.29) is 18.5 Å². The van der Waals surface area contributed by atoms with E-state index in [1.807, 2.05) is 24.8 Å². The molecule has 0 unspecified atom stereocenters. The molecule has 3 aromatic rings. The predicted molar refractivity (Wildman–Crippen MR) is 114 cm³/mol. The van der Waals surface area contributed by atoms with Crippen LogP contribution in [0.2, 0.25) is 5.02 Å². The highest BCUT2D eigenvalue weighted by atomic mass is 35.5. The molecule has 2 aromatic heterocycles. The molecule has 0 radical (unpaired) electrons. The highest BCUT2D eigenvalue weighted by molar-refractivity contribution is 6.36. The Labute approximate surface area is 177 Å². The van der Waals surface area contributed by atoms with Gasteiger partial charge >= 0.3 is 6.09 Å². The molecule has 4 rings (SSSR count). The first-order valence-electron chi connectivity index (χ1n) is 9.52. The van der Waals surface area contributed by atoms with Crippen molar-refractivity contribution >= 4 is 51.7 Å². The summed E-state index contributed by atoms with van der Waals surface area (Å²) in [5, 5.41) is 20.7. The molecule has 0 fully saturated rings. The number of nitrogens with one attached hydrogen (secondary N) is 2. The van der Waals surface area contributed by atoms with Crippen molar-refractivity contribution in [1.29, 1.82) is 0 Å². The van der Waals surface area contributed by atoms with Crippen LogP contribution in [-0.2, 0) is 17.8 Å². The summed E-state index contributed by atoms with van der Waals surface area (Å²) in [7, 11) is 0. The van der Waals surface area contributed by atoms with E-state index in [1.165, 1.54) is 6.07 Å². The molecule has 10 heteroatoms. The van der Waals surface area contributed by atoms with Gasteiger partial charge in [-0.1, -0.05) is 11.6 Å². The quantitative estimate of drug-likeness (QED) is 0.584. The molecule has 9 nitrogen and oxygen atoms in total. The molecule has 0 aliphatic carbocycles. The number of benzene rings is 1. The van der Waals surface area contributed by atoms with Crippen LogP contribution in [0.3, 0.4) is 0 Å². The Morgan fingerprint density at radius 2 is 2.03 bits per heavy atom. The van der Waals surface area contributed by atoms with E-state index in [4.69, 9.17) is 16.7 Å². The van der Waals surface area contributed by atoms with Crippen molar-refractivity contribution in [2.24, 2.45) is 0 Å². The van der Waals surface area contributed by atoms with Gasteiger partial charge in [-0.2, -0.15) is 5.10 Å². The molecule has 1 aromatic carbocycles. The van der Waals surface area contributed by atoms with Gasteiger partial charge in [0.05, 0.1) is 5.02 Å². The van der Waals surface area contributed by atoms with E-state index < -0.39 is 6.09 Å². The van der Waals surface area contributed by atoms with E-state index in [0.717, 1.165) is 17.5 Å². The summed E-state index contributed by atoms with van der Waals surface area (Å²) in [5.74, 6) is 1.18. The first kappa shape index (κ1) is 20.0. The van der Waals surface area contributed by atoms with Crippen LogP contribution in [0.1, 0.15) is 19.5 Å². The third-order valence-corrected chi connectivity index (χ3v) is 5.31. The molecular weight excluding hydrogens is 408 g/mol. The van der Waals surface area contributed by atoms with Gasteiger partial charge in [-0.25, -0.2) is 9.78 Å². The third-order valence-electron chi connectivity index (χ3n) is 4.99. The Hall–Kier alpha value is -3.33. The second-order valence-electron chi connectivity index (χ2n) is 7.41. The molecule has 30 heavy (non-hydrogen) atoms. The van der Waals surface area contributed by atoms with E-state index in [9.17, 15) is 9.59 Å². The van der Waals surface area contributed by atoms with Gasteiger partial charge in [-0.05, 0) is 37.4 Å². The summed E-state index contributed by atoms with van der Waals surface area (Å²) in [6.07, 6.45) is 1.18. The van der Waals surface area contributed by atoms with Gasteiger partial charge in [-0.15, -0.1) is 0 Å². The van der Waals surface area contributed by atoms with Crippen LogP contribution >= 0.6 is 11.6 Å². The Morgan fingerprint density at radius 3 is 2.77 bits per heavy atom. The van der Waals surface area contributed by atoms with Crippen LogP contribution in [0.25, 0.3) is 10.8 Å². The monoisotopic (exact) mass is 428 g/mol. The number of carboxylic acid groups (broad SMARTS) is 1. The van der Waals surface area contributed by atoms with Crippen molar-refractivity contribution in [3.63, 3.8) is 0 Å². The molecule has 1 aliphatic rings. The lowest BCUT2D eigenvalue weighted by Gasteiger charge is -2.24. The zero-order valence-electron chi connectivity index (χ0n) is 16.5. The Kier molecular flexibility index (Phi) is 5.21. The number of fused-ring (bicyclic) bond motifs is 2. The maximum atomic E-state index is 12.4. The van der Waals surface area contributed by atoms with Gasteiger partial charge in [0.15, 0.2) is 5.82 Å². The van der Waals surface area contributed by atoms with Gasteiger partial charge in [0.2, 0.25) is 5.91 Å². The first-order valence-corrected chi connectivity index (χ1v) is 9.90. The zero-order valence-corrected chi connectivity index (χ0v) is 17.3. The minimum absolute atomic E-state index is 0.0512. The fourth-order valence-corrected chi connectivity index (χ4v) is 3.86. The van der Waals surface area contributed by atoms with Gasteiger partial charge in [0.25, 0.3) is 0 Å². The largest absolute Gasteiger partial charge is 0.465 e. The van der Waals surface area contributed by atoms with E-state index in [0.29, 0.717) is 34.3 Å². The van der Waals surface area contributed by atoms with E-state index in [1.54, 1.807) is 23.0 Å². The summed E-state index contributed by atoms with van der Waals surface area (Å²) in [6.45, 7) is 4.88. The lowest BCUT2D eigenvalue weighted by Crippen LogP contribution is -2.38. The van der Waals surface area contributed by atoms with E-state index in [2.05, 4.69) is 20.7 Å². The Balaban J connectivity index is 1.58. The second kappa shape index (κ2) is 7.83. The lowest BCUT2D eigenvalue weighted by atomic mass is 10.1. The van der Waals surface area contributed by atoms with Gasteiger partial charge < -0.3 is 15.3 Å².